The van der Waals surface area contributed by atoms with Crippen molar-refractivity contribution >= 4 is 0 Å². The molecule has 0 unspecified atom stereocenters. The fraction of sp³-hybridized carbons (Fsp3) is 0.621. The van der Waals surface area contributed by atoms with E-state index in [4.69, 9.17) is 0 Å². The molecule has 1 aromatic carbocycles. The Labute approximate surface area is 188 Å². The highest BCUT2D eigenvalue weighted by molar-refractivity contribution is 5.60. The van der Waals surface area contributed by atoms with E-state index in [9.17, 15) is 4.39 Å². The van der Waals surface area contributed by atoms with Crippen LogP contribution in [0.1, 0.15) is 114 Å². The first-order valence-corrected chi connectivity index (χ1v) is 12.9. The molecule has 2 heteroatoms. The molecule has 1 aromatic heterocycles. The Kier molecular flexibility index (Phi) is 7.80. The SMILES string of the molecule is CCCC[C@H]1CC[C@H](c2ccc(-c3ccc([C@H]4CC[C@H](CC)CC4)cc3F)nc2)CC1. The molecule has 0 N–H and O–H groups in total. The van der Waals surface area contributed by atoms with E-state index in [-0.39, 0.29) is 5.82 Å². The van der Waals surface area contributed by atoms with Crippen molar-refractivity contribution in [2.75, 3.05) is 0 Å². The molecule has 1 nitrogen and oxygen atoms in total. The number of hydrogen-bond acceptors (Lipinski definition) is 1. The third-order valence-corrected chi connectivity index (χ3v) is 8.24. The molecule has 2 aliphatic rings. The number of benzene rings is 1. The summed E-state index contributed by atoms with van der Waals surface area (Å²) in [6.45, 7) is 4.57. The summed E-state index contributed by atoms with van der Waals surface area (Å²) in [5.74, 6) is 2.83. The number of halogens is 1. The molecule has 0 bridgehead atoms. The average molecular weight is 422 g/mol. The molecule has 0 amide bonds. The van der Waals surface area contributed by atoms with Gasteiger partial charge in [-0.05, 0) is 104 Å². The van der Waals surface area contributed by atoms with Crippen molar-refractivity contribution in [3.63, 3.8) is 0 Å². The maximum absolute atomic E-state index is 15.0. The predicted molar refractivity (Wildman–Crippen MR) is 129 cm³/mol. The van der Waals surface area contributed by atoms with Crippen LogP contribution in [-0.4, -0.2) is 4.98 Å². The fourth-order valence-corrected chi connectivity index (χ4v) is 5.98. The number of rotatable bonds is 7. The maximum Gasteiger partial charge on any atom is 0.132 e. The lowest BCUT2D eigenvalue weighted by Gasteiger charge is -2.28. The van der Waals surface area contributed by atoms with Crippen LogP contribution in [0.3, 0.4) is 0 Å². The number of unbranched alkanes of at least 4 members (excludes halogenated alkanes) is 1. The van der Waals surface area contributed by atoms with E-state index in [1.807, 2.05) is 18.3 Å². The van der Waals surface area contributed by atoms with Gasteiger partial charge < -0.3 is 0 Å². The molecule has 2 saturated carbocycles. The maximum atomic E-state index is 15.0. The number of nitrogens with zero attached hydrogens (tertiary/aromatic N) is 1. The third-order valence-electron chi connectivity index (χ3n) is 8.24. The van der Waals surface area contributed by atoms with Crippen LogP contribution < -0.4 is 0 Å². The van der Waals surface area contributed by atoms with E-state index >= 15 is 0 Å². The van der Waals surface area contributed by atoms with Crippen molar-refractivity contribution < 1.29 is 4.39 Å². The Balaban J connectivity index is 1.38. The summed E-state index contributed by atoms with van der Waals surface area (Å²) < 4.78 is 15.0. The van der Waals surface area contributed by atoms with Gasteiger partial charge in [-0.1, -0.05) is 51.7 Å². The van der Waals surface area contributed by atoms with Crippen LogP contribution in [-0.2, 0) is 0 Å². The Morgan fingerprint density at radius 2 is 1.45 bits per heavy atom. The molecule has 1 heterocycles. The zero-order valence-corrected chi connectivity index (χ0v) is 19.6. The third kappa shape index (κ3) is 5.57. The van der Waals surface area contributed by atoms with Gasteiger partial charge in [-0.2, -0.15) is 0 Å². The van der Waals surface area contributed by atoms with Crippen molar-refractivity contribution in [3.05, 3.63) is 53.5 Å². The topological polar surface area (TPSA) is 12.9 Å². The molecule has 2 aliphatic carbocycles. The summed E-state index contributed by atoms with van der Waals surface area (Å²) in [7, 11) is 0. The van der Waals surface area contributed by atoms with Crippen molar-refractivity contribution in [2.45, 2.75) is 103 Å². The highest BCUT2D eigenvalue weighted by Crippen LogP contribution is 2.39. The largest absolute Gasteiger partial charge is 0.256 e. The average Bonchev–Trinajstić information content (AvgIpc) is 2.83. The second-order valence-electron chi connectivity index (χ2n) is 10.2. The number of hydrogen-bond donors (Lipinski definition) is 0. The highest BCUT2D eigenvalue weighted by Gasteiger charge is 2.24. The lowest BCUT2D eigenvalue weighted by atomic mass is 9.77. The van der Waals surface area contributed by atoms with E-state index in [1.165, 1.54) is 88.2 Å². The Morgan fingerprint density at radius 3 is 2.03 bits per heavy atom. The smallest absolute Gasteiger partial charge is 0.132 e. The van der Waals surface area contributed by atoms with E-state index < -0.39 is 0 Å². The summed E-state index contributed by atoms with van der Waals surface area (Å²) in [5.41, 5.74) is 3.91. The fourth-order valence-electron chi connectivity index (χ4n) is 5.98. The van der Waals surface area contributed by atoms with Crippen LogP contribution in [0.5, 0.6) is 0 Å². The molecular weight excluding hydrogens is 381 g/mol. The molecule has 2 fully saturated rings. The zero-order valence-electron chi connectivity index (χ0n) is 19.6. The summed E-state index contributed by atoms with van der Waals surface area (Å²) in [5, 5.41) is 0. The second kappa shape index (κ2) is 10.7. The van der Waals surface area contributed by atoms with E-state index in [1.54, 1.807) is 6.07 Å². The Hall–Kier alpha value is -1.70. The first-order valence-electron chi connectivity index (χ1n) is 12.9. The van der Waals surface area contributed by atoms with Gasteiger partial charge in [-0.3, -0.25) is 4.98 Å². The van der Waals surface area contributed by atoms with Crippen LogP contribution in [0.4, 0.5) is 4.39 Å². The Bertz CT molecular complexity index is 811. The van der Waals surface area contributed by atoms with Gasteiger partial charge in [0.1, 0.15) is 5.82 Å². The lowest BCUT2D eigenvalue weighted by molar-refractivity contribution is 0.304. The molecule has 0 atom stereocenters. The molecule has 168 valence electrons. The summed E-state index contributed by atoms with van der Waals surface area (Å²) in [4.78, 5) is 4.68. The van der Waals surface area contributed by atoms with Crippen LogP contribution in [0, 0.1) is 17.7 Å². The van der Waals surface area contributed by atoms with Crippen LogP contribution >= 0.6 is 0 Å². The van der Waals surface area contributed by atoms with Gasteiger partial charge in [-0.25, -0.2) is 4.39 Å². The van der Waals surface area contributed by atoms with Gasteiger partial charge in [0.15, 0.2) is 0 Å². The zero-order chi connectivity index (χ0) is 21.6. The molecule has 0 saturated heterocycles. The molecule has 0 radical (unpaired) electrons. The van der Waals surface area contributed by atoms with Gasteiger partial charge >= 0.3 is 0 Å². The van der Waals surface area contributed by atoms with Gasteiger partial charge in [0.2, 0.25) is 0 Å². The minimum absolute atomic E-state index is 0.119. The standard InChI is InChI=1S/C29H40FN/c1-3-5-6-22-9-13-24(14-10-22)26-16-18-29(31-20-26)27-17-15-25(19-28(27)30)23-11-7-21(4-2)8-12-23/h15-24H,3-14H2,1-2H3/t21-,22-,23-,24-. The van der Waals surface area contributed by atoms with E-state index in [0.29, 0.717) is 17.4 Å². The highest BCUT2D eigenvalue weighted by atomic mass is 19.1. The van der Waals surface area contributed by atoms with Crippen LogP contribution in [0.2, 0.25) is 0 Å². The summed E-state index contributed by atoms with van der Waals surface area (Å²) in [6, 6.07) is 10.1. The van der Waals surface area contributed by atoms with Crippen LogP contribution in [0.25, 0.3) is 11.3 Å². The number of aromatic nitrogens is 1. The monoisotopic (exact) mass is 421 g/mol. The normalized spacial score (nSPS) is 26.7. The van der Waals surface area contributed by atoms with E-state index in [0.717, 1.165) is 17.5 Å². The molecule has 2 aromatic rings. The molecule has 31 heavy (non-hydrogen) atoms. The van der Waals surface area contributed by atoms with Gasteiger partial charge in [0, 0.05) is 11.8 Å². The summed E-state index contributed by atoms with van der Waals surface area (Å²) >= 11 is 0. The van der Waals surface area contributed by atoms with Crippen molar-refractivity contribution in [1.82, 2.24) is 4.98 Å². The molecule has 4 rings (SSSR count). The van der Waals surface area contributed by atoms with Gasteiger partial charge in [-0.15, -0.1) is 0 Å². The van der Waals surface area contributed by atoms with E-state index in [2.05, 4.69) is 31.0 Å². The summed E-state index contributed by atoms with van der Waals surface area (Å²) in [6.07, 6.45) is 17.6. The minimum Gasteiger partial charge on any atom is -0.256 e. The van der Waals surface area contributed by atoms with Gasteiger partial charge in [0.05, 0.1) is 5.69 Å². The molecule has 0 aliphatic heterocycles. The minimum atomic E-state index is -0.119. The first-order chi connectivity index (χ1) is 15.2. The van der Waals surface area contributed by atoms with Crippen molar-refractivity contribution in [1.29, 1.82) is 0 Å². The quantitative estimate of drug-likeness (QED) is 0.434. The van der Waals surface area contributed by atoms with Crippen molar-refractivity contribution in [3.8, 4) is 11.3 Å². The Morgan fingerprint density at radius 1 is 0.806 bits per heavy atom. The molecule has 0 spiro atoms. The lowest BCUT2D eigenvalue weighted by Crippen LogP contribution is -2.13. The number of pyridine rings is 1. The van der Waals surface area contributed by atoms with Crippen LogP contribution in [0.15, 0.2) is 36.5 Å². The predicted octanol–water partition coefficient (Wildman–Crippen LogP) is 9.04. The second-order valence-corrected chi connectivity index (χ2v) is 10.2. The van der Waals surface area contributed by atoms with Crippen molar-refractivity contribution in [2.24, 2.45) is 11.8 Å². The first kappa shape index (κ1) is 22.5. The molecular formula is C29H40FN. The van der Waals surface area contributed by atoms with Gasteiger partial charge in [0.25, 0.3) is 0 Å².